The SMILES string of the molecule is Cc1cc(NC(=O)c2cncc(C(=O)NCCN(C)C)c2)no1. The molecule has 2 heterocycles. The smallest absolute Gasteiger partial charge is 0.258 e. The molecule has 2 aromatic rings. The van der Waals surface area contributed by atoms with Crippen molar-refractivity contribution in [1.29, 1.82) is 0 Å². The molecular formula is C15H19N5O3. The molecular weight excluding hydrogens is 298 g/mol. The first-order chi connectivity index (χ1) is 11.0. The van der Waals surface area contributed by atoms with Crippen molar-refractivity contribution in [3.63, 3.8) is 0 Å². The Bertz CT molecular complexity index is 696. The van der Waals surface area contributed by atoms with Crippen LogP contribution in [-0.2, 0) is 0 Å². The summed E-state index contributed by atoms with van der Waals surface area (Å²) in [7, 11) is 3.84. The van der Waals surface area contributed by atoms with Gasteiger partial charge in [0.25, 0.3) is 11.8 Å². The molecule has 8 nitrogen and oxygen atoms in total. The van der Waals surface area contributed by atoms with Crippen molar-refractivity contribution in [3.05, 3.63) is 41.4 Å². The number of nitrogens with zero attached hydrogens (tertiary/aromatic N) is 3. The zero-order valence-electron chi connectivity index (χ0n) is 13.3. The molecule has 8 heteroatoms. The number of amides is 2. The molecule has 0 aliphatic rings. The van der Waals surface area contributed by atoms with E-state index in [1.165, 1.54) is 18.5 Å². The van der Waals surface area contributed by atoms with Gasteiger partial charge < -0.3 is 20.1 Å². The van der Waals surface area contributed by atoms with E-state index in [1.807, 2.05) is 19.0 Å². The lowest BCUT2D eigenvalue weighted by Crippen LogP contribution is -2.31. The number of carbonyl (C=O) groups is 2. The van der Waals surface area contributed by atoms with Gasteiger partial charge in [-0.1, -0.05) is 5.16 Å². The minimum absolute atomic E-state index is 0.269. The van der Waals surface area contributed by atoms with Crippen LogP contribution in [0.3, 0.4) is 0 Å². The van der Waals surface area contributed by atoms with E-state index in [0.29, 0.717) is 23.7 Å². The molecule has 0 bridgehead atoms. The van der Waals surface area contributed by atoms with Gasteiger partial charge in [0, 0.05) is 31.5 Å². The molecule has 122 valence electrons. The first-order valence-electron chi connectivity index (χ1n) is 7.08. The van der Waals surface area contributed by atoms with Gasteiger partial charge in [-0.15, -0.1) is 0 Å². The first-order valence-corrected chi connectivity index (χ1v) is 7.08. The van der Waals surface area contributed by atoms with Crippen molar-refractivity contribution in [2.45, 2.75) is 6.92 Å². The Hall–Kier alpha value is -2.74. The van der Waals surface area contributed by atoms with Crippen LogP contribution in [0.15, 0.2) is 29.0 Å². The van der Waals surface area contributed by atoms with Crippen LogP contribution in [0.1, 0.15) is 26.5 Å². The third kappa shape index (κ3) is 4.89. The summed E-state index contributed by atoms with van der Waals surface area (Å²) in [5, 5.41) is 9.04. The maximum absolute atomic E-state index is 12.1. The highest BCUT2D eigenvalue weighted by molar-refractivity contribution is 6.05. The molecule has 2 rings (SSSR count). The summed E-state index contributed by atoms with van der Waals surface area (Å²) in [5.41, 5.74) is 0.596. The fourth-order valence-electron chi connectivity index (χ4n) is 1.80. The van der Waals surface area contributed by atoms with E-state index in [-0.39, 0.29) is 11.5 Å². The van der Waals surface area contributed by atoms with Crippen molar-refractivity contribution >= 4 is 17.6 Å². The number of anilines is 1. The van der Waals surface area contributed by atoms with Crippen LogP contribution in [0.2, 0.25) is 0 Å². The number of nitrogens with one attached hydrogen (secondary N) is 2. The van der Waals surface area contributed by atoms with Crippen molar-refractivity contribution in [1.82, 2.24) is 20.4 Å². The van der Waals surface area contributed by atoms with Gasteiger partial charge in [-0.05, 0) is 27.1 Å². The molecule has 2 aromatic heterocycles. The summed E-state index contributed by atoms with van der Waals surface area (Å²) < 4.78 is 4.88. The zero-order chi connectivity index (χ0) is 16.8. The van der Waals surface area contributed by atoms with Crippen molar-refractivity contribution in [2.24, 2.45) is 0 Å². The van der Waals surface area contributed by atoms with Gasteiger partial charge in [0.05, 0.1) is 11.1 Å². The molecule has 0 saturated carbocycles. The molecule has 0 saturated heterocycles. The predicted molar refractivity (Wildman–Crippen MR) is 84.3 cm³/mol. The van der Waals surface area contributed by atoms with E-state index in [2.05, 4.69) is 20.8 Å². The summed E-state index contributed by atoms with van der Waals surface area (Å²) in [6.45, 7) is 2.97. The predicted octanol–water partition coefficient (Wildman–Crippen LogP) is 0.922. The fourth-order valence-corrected chi connectivity index (χ4v) is 1.80. The quantitative estimate of drug-likeness (QED) is 0.822. The van der Waals surface area contributed by atoms with Gasteiger partial charge in [0.1, 0.15) is 5.76 Å². The Kier molecular flexibility index (Phi) is 5.42. The number of carbonyl (C=O) groups excluding carboxylic acids is 2. The van der Waals surface area contributed by atoms with Gasteiger partial charge in [-0.25, -0.2) is 0 Å². The van der Waals surface area contributed by atoms with E-state index in [1.54, 1.807) is 13.0 Å². The Labute approximate surface area is 133 Å². The molecule has 23 heavy (non-hydrogen) atoms. The summed E-state index contributed by atoms with van der Waals surface area (Å²) in [5.74, 6) is 0.223. The van der Waals surface area contributed by atoms with Crippen molar-refractivity contribution in [3.8, 4) is 0 Å². The lowest BCUT2D eigenvalue weighted by atomic mass is 10.2. The normalized spacial score (nSPS) is 10.6. The monoisotopic (exact) mass is 317 g/mol. The number of aryl methyl sites for hydroxylation is 1. The van der Waals surface area contributed by atoms with E-state index in [4.69, 9.17) is 4.52 Å². The van der Waals surface area contributed by atoms with Gasteiger partial charge >= 0.3 is 0 Å². The van der Waals surface area contributed by atoms with Crippen LogP contribution in [0.25, 0.3) is 0 Å². The topological polar surface area (TPSA) is 100 Å². The van der Waals surface area contributed by atoms with E-state index in [0.717, 1.165) is 6.54 Å². The molecule has 0 aromatic carbocycles. The molecule has 2 amide bonds. The van der Waals surface area contributed by atoms with Crippen LogP contribution in [0.5, 0.6) is 0 Å². The second-order valence-electron chi connectivity index (χ2n) is 5.30. The van der Waals surface area contributed by atoms with Gasteiger partial charge in [0.2, 0.25) is 0 Å². The number of likely N-dealkylation sites (N-methyl/N-ethyl adjacent to an activating group) is 1. The molecule has 0 radical (unpaired) electrons. The lowest BCUT2D eigenvalue weighted by molar-refractivity contribution is 0.0950. The Morgan fingerprint density at radius 1 is 1.17 bits per heavy atom. The number of pyridine rings is 1. The van der Waals surface area contributed by atoms with Crippen LogP contribution < -0.4 is 10.6 Å². The van der Waals surface area contributed by atoms with Gasteiger partial charge in [-0.3, -0.25) is 14.6 Å². The Morgan fingerprint density at radius 2 is 1.87 bits per heavy atom. The fraction of sp³-hybridized carbons (Fsp3) is 0.333. The molecule has 0 aliphatic carbocycles. The molecule has 0 unspecified atom stereocenters. The minimum atomic E-state index is -0.409. The molecule has 0 spiro atoms. The number of aromatic nitrogens is 2. The summed E-state index contributed by atoms with van der Waals surface area (Å²) >= 11 is 0. The van der Waals surface area contributed by atoms with Crippen LogP contribution in [0.4, 0.5) is 5.82 Å². The zero-order valence-corrected chi connectivity index (χ0v) is 13.3. The van der Waals surface area contributed by atoms with Gasteiger partial charge in [-0.2, -0.15) is 0 Å². The maximum Gasteiger partial charge on any atom is 0.258 e. The van der Waals surface area contributed by atoms with Crippen LogP contribution in [-0.4, -0.2) is 54.0 Å². The maximum atomic E-state index is 12.1. The van der Waals surface area contributed by atoms with Gasteiger partial charge in [0.15, 0.2) is 5.82 Å². The number of hydrogen-bond donors (Lipinski definition) is 2. The number of rotatable bonds is 6. The summed E-state index contributed by atoms with van der Waals surface area (Å²) in [4.78, 5) is 30.1. The molecule has 0 fully saturated rings. The average molecular weight is 317 g/mol. The molecule has 0 aliphatic heterocycles. The van der Waals surface area contributed by atoms with Crippen LogP contribution >= 0.6 is 0 Å². The highest BCUT2D eigenvalue weighted by Crippen LogP contribution is 2.10. The summed E-state index contributed by atoms with van der Waals surface area (Å²) in [6, 6.07) is 3.09. The highest BCUT2D eigenvalue weighted by atomic mass is 16.5. The van der Waals surface area contributed by atoms with E-state index < -0.39 is 5.91 Å². The van der Waals surface area contributed by atoms with E-state index in [9.17, 15) is 9.59 Å². The first kappa shape index (κ1) is 16.6. The van der Waals surface area contributed by atoms with Crippen molar-refractivity contribution in [2.75, 3.05) is 32.5 Å². The molecule has 0 atom stereocenters. The largest absolute Gasteiger partial charge is 0.360 e. The number of hydrogen-bond acceptors (Lipinski definition) is 6. The lowest BCUT2D eigenvalue weighted by Gasteiger charge is -2.10. The molecule has 2 N–H and O–H groups in total. The van der Waals surface area contributed by atoms with E-state index >= 15 is 0 Å². The Balaban J connectivity index is 2.01. The minimum Gasteiger partial charge on any atom is -0.360 e. The van der Waals surface area contributed by atoms with Crippen molar-refractivity contribution < 1.29 is 14.1 Å². The van der Waals surface area contributed by atoms with Crippen LogP contribution in [0, 0.1) is 6.92 Å². The third-order valence-electron chi connectivity index (χ3n) is 2.98. The average Bonchev–Trinajstić information content (AvgIpc) is 2.92. The summed E-state index contributed by atoms with van der Waals surface area (Å²) in [6.07, 6.45) is 2.81. The second-order valence-corrected chi connectivity index (χ2v) is 5.30. The highest BCUT2D eigenvalue weighted by Gasteiger charge is 2.13. The second kappa shape index (κ2) is 7.50. The standard InChI is InChI=1S/C15H19N5O3/c1-10-6-13(19-23-10)18-15(22)12-7-11(8-16-9-12)14(21)17-4-5-20(2)3/h6-9H,4-5H2,1-3H3,(H,17,21)(H,18,19,22). The Morgan fingerprint density at radius 3 is 2.48 bits per heavy atom. The third-order valence-corrected chi connectivity index (χ3v) is 2.98.